The summed E-state index contributed by atoms with van der Waals surface area (Å²) >= 11 is 6.06. The number of carboxylic acid groups (broad SMARTS) is 1. The molecule has 3 rings (SSSR count). The summed E-state index contributed by atoms with van der Waals surface area (Å²) in [6, 6.07) is 13.0. The van der Waals surface area contributed by atoms with E-state index in [2.05, 4.69) is 6.07 Å². The Morgan fingerprint density at radius 3 is 2.50 bits per heavy atom. The largest absolute Gasteiger partial charge is 0.478 e. The van der Waals surface area contributed by atoms with Gasteiger partial charge >= 0.3 is 5.97 Å². The molecule has 0 bridgehead atoms. The van der Waals surface area contributed by atoms with Crippen molar-refractivity contribution in [2.45, 2.75) is 25.2 Å². The van der Waals surface area contributed by atoms with Crippen LogP contribution in [0, 0.1) is 0 Å². The maximum atomic E-state index is 11.4. The first-order valence-electron chi connectivity index (χ1n) is 6.79. The minimum atomic E-state index is -0.917. The molecular weight excluding hydrogens is 272 g/mol. The van der Waals surface area contributed by atoms with Crippen molar-refractivity contribution in [1.29, 1.82) is 0 Å². The van der Waals surface area contributed by atoms with E-state index >= 15 is 0 Å². The highest BCUT2D eigenvalue weighted by Gasteiger charge is 2.24. The van der Waals surface area contributed by atoms with Crippen molar-refractivity contribution in [2.75, 3.05) is 0 Å². The van der Waals surface area contributed by atoms with Crippen molar-refractivity contribution in [2.24, 2.45) is 0 Å². The van der Waals surface area contributed by atoms with Gasteiger partial charge in [-0.3, -0.25) is 0 Å². The highest BCUT2D eigenvalue weighted by molar-refractivity contribution is 6.31. The molecule has 20 heavy (non-hydrogen) atoms. The third-order valence-corrected chi connectivity index (χ3v) is 4.24. The average molecular weight is 287 g/mol. The third-order valence-electron chi connectivity index (χ3n) is 4.01. The van der Waals surface area contributed by atoms with Gasteiger partial charge in [0.15, 0.2) is 0 Å². The van der Waals surface area contributed by atoms with Gasteiger partial charge in [-0.15, -0.1) is 0 Å². The highest BCUT2D eigenvalue weighted by Crippen LogP contribution is 2.42. The third kappa shape index (κ3) is 2.32. The van der Waals surface area contributed by atoms with Crippen LogP contribution in [0.4, 0.5) is 0 Å². The normalized spacial score (nSPS) is 14.8. The zero-order chi connectivity index (χ0) is 14.1. The number of carbonyl (C=O) groups is 1. The smallest absolute Gasteiger partial charge is 0.336 e. The number of halogens is 1. The molecule has 1 N–H and O–H groups in total. The molecule has 0 amide bonds. The van der Waals surface area contributed by atoms with Crippen LogP contribution in [-0.4, -0.2) is 11.1 Å². The molecule has 0 atom stereocenters. The number of hydrogen-bond donors (Lipinski definition) is 1. The Morgan fingerprint density at radius 2 is 1.85 bits per heavy atom. The summed E-state index contributed by atoms with van der Waals surface area (Å²) < 4.78 is 0. The molecule has 2 aromatic rings. The van der Waals surface area contributed by atoms with Gasteiger partial charge < -0.3 is 5.11 Å². The molecule has 0 saturated heterocycles. The van der Waals surface area contributed by atoms with Crippen molar-refractivity contribution in [1.82, 2.24) is 0 Å². The second-order valence-electron chi connectivity index (χ2n) is 5.21. The molecule has 0 radical (unpaired) electrons. The Bertz CT molecular complexity index is 660. The van der Waals surface area contributed by atoms with E-state index in [1.165, 1.54) is 24.8 Å². The van der Waals surface area contributed by atoms with E-state index < -0.39 is 5.97 Å². The van der Waals surface area contributed by atoms with E-state index in [9.17, 15) is 9.90 Å². The number of aromatic carboxylic acids is 1. The lowest BCUT2D eigenvalue weighted by Gasteiger charge is -2.28. The quantitative estimate of drug-likeness (QED) is 0.864. The first-order chi connectivity index (χ1) is 9.66. The van der Waals surface area contributed by atoms with Crippen molar-refractivity contribution in [3.05, 3.63) is 58.6 Å². The molecular formula is C17H15ClO2. The summed E-state index contributed by atoms with van der Waals surface area (Å²) in [7, 11) is 0. The van der Waals surface area contributed by atoms with Gasteiger partial charge in [0.05, 0.1) is 5.56 Å². The van der Waals surface area contributed by atoms with Crippen LogP contribution in [0.25, 0.3) is 11.1 Å². The van der Waals surface area contributed by atoms with Crippen LogP contribution in [0.5, 0.6) is 0 Å². The Kier molecular flexibility index (Phi) is 3.49. The summed E-state index contributed by atoms with van der Waals surface area (Å²) in [5.41, 5.74) is 3.26. The fourth-order valence-corrected chi connectivity index (χ4v) is 2.92. The Labute approximate surface area is 123 Å². The number of hydrogen-bond acceptors (Lipinski definition) is 1. The van der Waals surface area contributed by atoms with E-state index in [-0.39, 0.29) is 0 Å². The molecule has 1 aliphatic carbocycles. The lowest BCUT2D eigenvalue weighted by molar-refractivity contribution is 0.0697. The van der Waals surface area contributed by atoms with Crippen molar-refractivity contribution in [3.63, 3.8) is 0 Å². The molecule has 0 aliphatic heterocycles. The summed E-state index contributed by atoms with van der Waals surface area (Å²) in [6.07, 6.45) is 3.61. The molecule has 1 saturated carbocycles. The fraction of sp³-hybridized carbons (Fsp3) is 0.235. The Hall–Kier alpha value is -1.80. The summed E-state index contributed by atoms with van der Waals surface area (Å²) in [4.78, 5) is 11.4. The highest BCUT2D eigenvalue weighted by atomic mass is 35.5. The van der Waals surface area contributed by atoms with E-state index in [0.29, 0.717) is 22.1 Å². The zero-order valence-electron chi connectivity index (χ0n) is 11.0. The molecule has 2 nitrogen and oxygen atoms in total. The van der Waals surface area contributed by atoms with Crippen molar-refractivity contribution in [3.8, 4) is 11.1 Å². The van der Waals surface area contributed by atoms with Gasteiger partial charge in [-0.2, -0.15) is 0 Å². The second-order valence-corrected chi connectivity index (χ2v) is 5.65. The number of rotatable bonds is 3. The zero-order valence-corrected chi connectivity index (χ0v) is 11.7. The lowest BCUT2D eigenvalue weighted by atomic mass is 9.77. The van der Waals surface area contributed by atoms with Crippen LogP contribution in [-0.2, 0) is 0 Å². The van der Waals surface area contributed by atoms with E-state index in [1.807, 2.05) is 18.2 Å². The maximum absolute atomic E-state index is 11.4. The van der Waals surface area contributed by atoms with Crippen LogP contribution >= 0.6 is 11.6 Å². The fourth-order valence-electron chi connectivity index (χ4n) is 2.74. The average Bonchev–Trinajstić information content (AvgIpc) is 2.37. The predicted molar refractivity (Wildman–Crippen MR) is 80.4 cm³/mol. The van der Waals surface area contributed by atoms with Gasteiger partial charge in [-0.05, 0) is 53.6 Å². The van der Waals surface area contributed by atoms with Crippen LogP contribution < -0.4 is 0 Å². The van der Waals surface area contributed by atoms with Gasteiger partial charge in [0.1, 0.15) is 0 Å². The SMILES string of the molecule is O=C(O)c1ccc(Cl)cc1-c1ccccc1C1CCC1. The van der Waals surface area contributed by atoms with Gasteiger partial charge in [0, 0.05) is 5.02 Å². The van der Waals surface area contributed by atoms with Gasteiger partial charge in [-0.25, -0.2) is 4.79 Å². The van der Waals surface area contributed by atoms with E-state index in [4.69, 9.17) is 11.6 Å². The standard InChI is InChI=1S/C17H15ClO2/c18-12-8-9-15(17(19)20)16(10-12)14-7-2-1-6-13(14)11-4-3-5-11/h1-2,6-11H,3-5H2,(H,19,20). The molecule has 1 aliphatic rings. The predicted octanol–water partition coefficient (Wildman–Crippen LogP) is 4.97. The van der Waals surface area contributed by atoms with Crippen LogP contribution in [0.3, 0.4) is 0 Å². The van der Waals surface area contributed by atoms with Gasteiger partial charge in [0.2, 0.25) is 0 Å². The molecule has 3 heteroatoms. The molecule has 2 aromatic carbocycles. The molecule has 1 fully saturated rings. The molecule has 0 unspecified atom stereocenters. The number of carboxylic acids is 1. The minimum absolute atomic E-state index is 0.307. The second kappa shape index (κ2) is 5.29. The first-order valence-corrected chi connectivity index (χ1v) is 7.17. The summed E-state index contributed by atoms with van der Waals surface area (Å²) in [5, 5.41) is 9.94. The Morgan fingerprint density at radius 1 is 1.10 bits per heavy atom. The topological polar surface area (TPSA) is 37.3 Å². The van der Waals surface area contributed by atoms with Crippen LogP contribution in [0.1, 0.15) is 41.1 Å². The summed E-state index contributed by atoms with van der Waals surface area (Å²) in [6.45, 7) is 0. The number of benzene rings is 2. The van der Waals surface area contributed by atoms with E-state index in [1.54, 1.807) is 18.2 Å². The Balaban J connectivity index is 2.18. The first kappa shape index (κ1) is 13.2. The van der Waals surface area contributed by atoms with E-state index in [0.717, 1.165) is 5.56 Å². The van der Waals surface area contributed by atoms with Gasteiger partial charge in [-0.1, -0.05) is 42.3 Å². The van der Waals surface area contributed by atoms with Crippen LogP contribution in [0.15, 0.2) is 42.5 Å². The lowest BCUT2D eigenvalue weighted by Crippen LogP contribution is -2.10. The monoisotopic (exact) mass is 286 g/mol. The van der Waals surface area contributed by atoms with Gasteiger partial charge in [0.25, 0.3) is 0 Å². The molecule has 0 heterocycles. The molecule has 0 aromatic heterocycles. The minimum Gasteiger partial charge on any atom is -0.478 e. The van der Waals surface area contributed by atoms with Crippen LogP contribution in [0.2, 0.25) is 5.02 Å². The molecule has 0 spiro atoms. The molecule has 102 valence electrons. The maximum Gasteiger partial charge on any atom is 0.336 e. The summed E-state index contributed by atoms with van der Waals surface area (Å²) in [5.74, 6) is -0.369. The van der Waals surface area contributed by atoms with Crippen molar-refractivity contribution < 1.29 is 9.90 Å². The van der Waals surface area contributed by atoms with Crippen molar-refractivity contribution >= 4 is 17.6 Å².